The van der Waals surface area contributed by atoms with Crippen LogP contribution in [0.5, 0.6) is 0 Å². The van der Waals surface area contributed by atoms with Crippen molar-refractivity contribution >= 4 is 21.9 Å². The summed E-state index contributed by atoms with van der Waals surface area (Å²) in [5.41, 5.74) is 6.01. The van der Waals surface area contributed by atoms with Crippen molar-refractivity contribution in [2.75, 3.05) is 0 Å². The summed E-state index contributed by atoms with van der Waals surface area (Å²) in [4.78, 5) is 4.80. The van der Waals surface area contributed by atoms with Gasteiger partial charge in [-0.25, -0.2) is 0 Å². The molecule has 0 aliphatic heterocycles. The van der Waals surface area contributed by atoms with E-state index < -0.39 is 0 Å². The summed E-state index contributed by atoms with van der Waals surface area (Å²) in [6.45, 7) is 0. The van der Waals surface area contributed by atoms with Crippen LogP contribution in [0.4, 0.5) is 0 Å². The number of nitrogens with zero attached hydrogens (tertiary/aromatic N) is 1. The summed E-state index contributed by atoms with van der Waals surface area (Å²) in [5.74, 6) is 2.87. The van der Waals surface area contributed by atoms with Gasteiger partial charge in [-0.15, -0.1) is 0 Å². The number of pyridine rings is 1. The van der Waals surface area contributed by atoms with E-state index in [0.717, 1.165) is 40.2 Å². The Hall–Kier alpha value is -2.61. The van der Waals surface area contributed by atoms with Gasteiger partial charge in [0.25, 0.3) is 0 Å². The summed E-state index contributed by atoms with van der Waals surface area (Å²) < 4.78 is 6.29. The zero-order valence-corrected chi connectivity index (χ0v) is 16.6. The van der Waals surface area contributed by atoms with Crippen LogP contribution in [-0.2, 0) is 5.41 Å². The van der Waals surface area contributed by atoms with Gasteiger partial charge in [0.15, 0.2) is 0 Å². The zero-order valence-electron chi connectivity index (χ0n) is 16.6. The van der Waals surface area contributed by atoms with E-state index in [2.05, 4.69) is 48.5 Å². The first-order chi connectivity index (χ1) is 14.3. The highest BCUT2D eigenvalue weighted by molar-refractivity contribution is 6.09. The fourth-order valence-electron chi connectivity index (χ4n) is 7.32. The van der Waals surface area contributed by atoms with Gasteiger partial charge in [-0.05, 0) is 91.5 Å². The van der Waals surface area contributed by atoms with Gasteiger partial charge in [0.05, 0.1) is 5.69 Å². The van der Waals surface area contributed by atoms with Crippen LogP contribution in [0.25, 0.3) is 33.2 Å². The Morgan fingerprint density at radius 3 is 2.31 bits per heavy atom. The first-order valence-electron chi connectivity index (χ1n) is 11.1. The molecule has 2 nitrogen and oxygen atoms in total. The van der Waals surface area contributed by atoms with Crippen molar-refractivity contribution in [3.8, 4) is 11.3 Å². The molecule has 0 spiro atoms. The molecule has 4 aromatic rings. The highest BCUT2D eigenvalue weighted by Gasteiger charge is 2.51. The van der Waals surface area contributed by atoms with Gasteiger partial charge < -0.3 is 4.42 Å². The van der Waals surface area contributed by atoms with Crippen LogP contribution >= 0.6 is 0 Å². The molecule has 0 unspecified atom stereocenters. The number of hydrogen-bond acceptors (Lipinski definition) is 2. The van der Waals surface area contributed by atoms with Gasteiger partial charge in [0.1, 0.15) is 11.2 Å². The molecule has 0 saturated heterocycles. The average molecular weight is 380 g/mol. The topological polar surface area (TPSA) is 26.0 Å². The number of rotatable bonds is 2. The maximum atomic E-state index is 6.29. The second-order valence-corrected chi connectivity index (χ2v) is 9.91. The molecule has 4 aliphatic carbocycles. The third-order valence-corrected chi connectivity index (χ3v) is 8.09. The van der Waals surface area contributed by atoms with Gasteiger partial charge in [-0.2, -0.15) is 0 Å². The maximum Gasteiger partial charge on any atom is 0.144 e. The molecular formula is C27H25NO. The number of fused-ring (bicyclic) bond motifs is 3. The van der Waals surface area contributed by atoms with Gasteiger partial charge in [0.2, 0.25) is 0 Å². The smallest absolute Gasteiger partial charge is 0.144 e. The normalized spacial score (nSPS) is 30.4. The Morgan fingerprint density at radius 1 is 0.793 bits per heavy atom. The van der Waals surface area contributed by atoms with Gasteiger partial charge >= 0.3 is 0 Å². The molecule has 144 valence electrons. The summed E-state index contributed by atoms with van der Waals surface area (Å²) in [5, 5.41) is 2.36. The van der Waals surface area contributed by atoms with E-state index in [1.54, 1.807) is 0 Å². The lowest BCUT2D eigenvalue weighted by molar-refractivity contribution is -0.00520. The standard InChI is InChI=1S/C27H25NO/c1-2-7-25-21(4-1)22-5-3-6-23(26(22)29-25)24-13-20(8-9-28-24)27-14-17-10-18(15-27)12-19(11-17)16-27/h1-9,13,17-19H,10-12,14-16H2. The molecular weight excluding hydrogens is 354 g/mol. The number of benzene rings is 2. The molecule has 0 N–H and O–H groups in total. The van der Waals surface area contributed by atoms with Crippen molar-refractivity contribution < 1.29 is 4.42 Å². The molecule has 8 rings (SSSR count). The van der Waals surface area contributed by atoms with Crippen molar-refractivity contribution in [2.24, 2.45) is 17.8 Å². The molecule has 29 heavy (non-hydrogen) atoms. The third-order valence-electron chi connectivity index (χ3n) is 8.09. The molecule has 4 saturated carbocycles. The lowest BCUT2D eigenvalue weighted by Gasteiger charge is -2.57. The number of hydrogen-bond donors (Lipinski definition) is 0. The molecule has 2 heteroatoms. The van der Waals surface area contributed by atoms with Crippen LogP contribution in [0.2, 0.25) is 0 Å². The van der Waals surface area contributed by atoms with E-state index in [9.17, 15) is 0 Å². The van der Waals surface area contributed by atoms with Gasteiger partial charge in [-0.1, -0.05) is 30.3 Å². The summed E-state index contributed by atoms with van der Waals surface area (Å²) in [6.07, 6.45) is 10.6. The van der Waals surface area contributed by atoms with Crippen LogP contribution in [0.3, 0.4) is 0 Å². The number of para-hydroxylation sites is 2. The van der Waals surface area contributed by atoms with Crippen LogP contribution < -0.4 is 0 Å². The minimum atomic E-state index is 0.397. The quantitative estimate of drug-likeness (QED) is 0.371. The second kappa shape index (κ2) is 5.72. The molecule has 4 bridgehead atoms. The Balaban J connectivity index is 1.38. The van der Waals surface area contributed by atoms with Crippen molar-refractivity contribution in [1.29, 1.82) is 0 Å². The molecule has 4 fully saturated rings. The second-order valence-electron chi connectivity index (χ2n) is 9.91. The average Bonchev–Trinajstić information content (AvgIpc) is 3.12. The molecule has 2 aromatic carbocycles. The van der Waals surface area contributed by atoms with Crippen LogP contribution in [0.15, 0.2) is 65.2 Å². The van der Waals surface area contributed by atoms with E-state index in [4.69, 9.17) is 9.40 Å². The number of aromatic nitrogens is 1. The molecule has 4 aliphatic rings. The zero-order chi connectivity index (χ0) is 19.0. The predicted molar refractivity (Wildman–Crippen MR) is 117 cm³/mol. The fraction of sp³-hybridized carbons (Fsp3) is 0.370. The monoisotopic (exact) mass is 379 g/mol. The largest absolute Gasteiger partial charge is 0.455 e. The van der Waals surface area contributed by atoms with Crippen molar-refractivity contribution in [2.45, 2.75) is 43.9 Å². The van der Waals surface area contributed by atoms with E-state index in [0.29, 0.717) is 5.41 Å². The third kappa shape index (κ3) is 2.32. The lowest BCUT2D eigenvalue weighted by Crippen LogP contribution is -2.48. The Bertz CT molecular complexity index is 1210. The summed E-state index contributed by atoms with van der Waals surface area (Å²) >= 11 is 0. The van der Waals surface area contributed by atoms with Gasteiger partial charge in [0, 0.05) is 22.5 Å². The molecule has 0 amide bonds. The Kier molecular flexibility index (Phi) is 3.20. The van der Waals surface area contributed by atoms with E-state index in [1.807, 2.05) is 12.3 Å². The lowest BCUT2D eigenvalue weighted by atomic mass is 9.48. The Morgan fingerprint density at radius 2 is 1.52 bits per heavy atom. The first-order valence-corrected chi connectivity index (χ1v) is 11.1. The fourth-order valence-corrected chi connectivity index (χ4v) is 7.32. The van der Waals surface area contributed by atoms with Crippen molar-refractivity contribution in [1.82, 2.24) is 4.98 Å². The minimum absolute atomic E-state index is 0.397. The van der Waals surface area contributed by atoms with Crippen molar-refractivity contribution in [3.05, 3.63) is 66.4 Å². The van der Waals surface area contributed by atoms with Crippen LogP contribution in [0.1, 0.15) is 44.1 Å². The SMILES string of the molecule is c1ccc2c(c1)oc1c(-c3cc(C45CC6CC(CC(C6)C4)C5)ccn3)cccc12. The van der Waals surface area contributed by atoms with Crippen molar-refractivity contribution in [3.63, 3.8) is 0 Å². The summed E-state index contributed by atoms with van der Waals surface area (Å²) in [7, 11) is 0. The first kappa shape index (κ1) is 16.2. The highest BCUT2D eigenvalue weighted by Crippen LogP contribution is 2.60. The van der Waals surface area contributed by atoms with E-state index in [1.165, 1.54) is 54.9 Å². The summed E-state index contributed by atoms with van der Waals surface area (Å²) in [6, 6.07) is 19.5. The number of furan rings is 1. The van der Waals surface area contributed by atoms with Crippen LogP contribution in [-0.4, -0.2) is 4.98 Å². The molecule has 0 atom stereocenters. The maximum absolute atomic E-state index is 6.29. The Labute approximate surface area is 170 Å². The predicted octanol–water partition coefficient (Wildman–Crippen LogP) is 7.12. The molecule has 0 radical (unpaired) electrons. The van der Waals surface area contributed by atoms with Gasteiger partial charge in [-0.3, -0.25) is 4.98 Å². The molecule has 2 aromatic heterocycles. The van der Waals surface area contributed by atoms with E-state index in [-0.39, 0.29) is 0 Å². The van der Waals surface area contributed by atoms with Crippen LogP contribution in [0, 0.1) is 17.8 Å². The highest BCUT2D eigenvalue weighted by atomic mass is 16.3. The minimum Gasteiger partial charge on any atom is -0.455 e. The molecule has 2 heterocycles. The van der Waals surface area contributed by atoms with E-state index >= 15 is 0 Å².